The van der Waals surface area contributed by atoms with Crippen molar-refractivity contribution in [2.45, 2.75) is 25.3 Å². The Balaban J connectivity index is 1.46. The van der Waals surface area contributed by atoms with Crippen LogP contribution in [0.25, 0.3) is 28.1 Å². The molecule has 0 aromatic carbocycles. The largest absolute Gasteiger partial charge is 0.395 e. The fourth-order valence-electron chi connectivity index (χ4n) is 4.91. The van der Waals surface area contributed by atoms with Gasteiger partial charge in [0.2, 0.25) is 0 Å². The minimum absolute atomic E-state index is 0.0195. The molecule has 1 saturated heterocycles. The Bertz CT molecular complexity index is 1480. The summed E-state index contributed by atoms with van der Waals surface area (Å²) in [4.78, 5) is 11.2. The van der Waals surface area contributed by atoms with Gasteiger partial charge in [-0.1, -0.05) is 0 Å². The van der Waals surface area contributed by atoms with Crippen molar-refractivity contribution in [3.05, 3.63) is 53.4 Å². The zero-order valence-corrected chi connectivity index (χ0v) is 22.1. The SMILES string of the molecule is CNc1ncc(-c2ccc3c(CCN(CCO)C4CCS(=O)(=O)CC4)cn(-c4ccsn4)c3n2)cc1F. The second-order valence-electron chi connectivity index (χ2n) is 9.15. The minimum atomic E-state index is -2.95. The Morgan fingerprint density at radius 2 is 2.05 bits per heavy atom. The van der Waals surface area contributed by atoms with Crippen molar-refractivity contribution in [2.75, 3.05) is 43.6 Å². The molecule has 0 saturated carbocycles. The molecule has 1 aliphatic heterocycles. The number of halogens is 1. The molecule has 12 heteroatoms. The number of sulfone groups is 1. The van der Waals surface area contributed by atoms with Gasteiger partial charge in [0.05, 0.1) is 23.8 Å². The van der Waals surface area contributed by atoms with Gasteiger partial charge in [0.25, 0.3) is 0 Å². The number of aromatic nitrogens is 4. The molecule has 196 valence electrons. The molecule has 0 radical (unpaired) electrons. The van der Waals surface area contributed by atoms with E-state index in [4.69, 9.17) is 4.98 Å². The van der Waals surface area contributed by atoms with Crippen LogP contribution in [0.1, 0.15) is 18.4 Å². The number of anilines is 1. The normalized spacial score (nSPS) is 16.0. The number of pyridine rings is 2. The summed E-state index contributed by atoms with van der Waals surface area (Å²) in [7, 11) is -1.33. The van der Waals surface area contributed by atoms with Crippen LogP contribution in [0.4, 0.5) is 10.2 Å². The molecule has 5 heterocycles. The van der Waals surface area contributed by atoms with Crippen molar-refractivity contribution < 1.29 is 17.9 Å². The van der Waals surface area contributed by atoms with Crippen molar-refractivity contribution in [1.29, 1.82) is 0 Å². The Labute approximate surface area is 219 Å². The van der Waals surface area contributed by atoms with Gasteiger partial charge in [-0.05, 0) is 60.6 Å². The minimum Gasteiger partial charge on any atom is -0.395 e. The Morgan fingerprint density at radius 1 is 1.24 bits per heavy atom. The van der Waals surface area contributed by atoms with Gasteiger partial charge in [-0.15, -0.1) is 0 Å². The van der Waals surface area contributed by atoms with Crippen molar-refractivity contribution in [1.82, 2.24) is 23.8 Å². The fourth-order valence-corrected chi connectivity index (χ4v) is 6.88. The molecule has 4 aromatic heterocycles. The van der Waals surface area contributed by atoms with E-state index in [0.717, 1.165) is 16.8 Å². The van der Waals surface area contributed by atoms with Crippen LogP contribution in [0.2, 0.25) is 0 Å². The van der Waals surface area contributed by atoms with E-state index >= 15 is 0 Å². The van der Waals surface area contributed by atoms with Gasteiger partial charge < -0.3 is 10.4 Å². The number of hydrogen-bond acceptors (Lipinski definition) is 9. The molecule has 0 aliphatic carbocycles. The highest BCUT2D eigenvalue weighted by atomic mass is 32.2. The van der Waals surface area contributed by atoms with E-state index in [0.29, 0.717) is 49.3 Å². The molecule has 2 N–H and O–H groups in total. The lowest BCUT2D eigenvalue weighted by Crippen LogP contribution is -2.43. The fraction of sp³-hybridized carbons (Fsp3) is 0.400. The highest BCUT2D eigenvalue weighted by Crippen LogP contribution is 2.29. The van der Waals surface area contributed by atoms with Gasteiger partial charge in [-0.3, -0.25) is 9.47 Å². The maximum absolute atomic E-state index is 14.4. The lowest BCUT2D eigenvalue weighted by Gasteiger charge is -2.33. The zero-order chi connectivity index (χ0) is 26.0. The van der Waals surface area contributed by atoms with Gasteiger partial charge >= 0.3 is 0 Å². The molecule has 37 heavy (non-hydrogen) atoms. The number of nitrogens with one attached hydrogen (secondary N) is 1. The Hall–Kier alpha value is -2.93. The van der Waals surface area contributed by atoms with Crippen LogP contribution in [0, 0.1) is 5.82 Å². The molecule has 0 amide bonds. The summed E-state index contributed by atoms with van der Waals surface area (Å²) in [6, 6.07) is 7.33. The average Bonchev–Trinajstić information content (AvgIpc) is 3.54. The molecule has 0 spiro atoms. The standard InChI is InChI=1S/C25H29FN6O3S2/c1-27-24-21(26)14-18(15-28-24)22-3-2-20-17(16-32(25(20)29-22)23-5-11-36-30-23)4-8-31(9-10-33)19-6-12-37(34,35)13-7-19/h2-3,5,11,14-16,19,33H,4,6-10,12-13H2,1H3,(H,27,28). The molecule has 4 aromatic rings. The number of aliphatic hydroxyl groups excluding tert-OH is 1. The Kier molecular flexibility index (Phi) is 7.52. The zero-order valence-electron chi connectivity index (χ0n) is 20.5. The second-order valence-corrected chi connectivity index (χ2v) is 12.1. The maximum Gasteiger partial charge on any atom is 0.166 e. The number of hydrogen-bond donors (Lipinski definition) is 2. The topological polar surface area (TPSA) is 113 Å². The lowest BCUT2D eigenvalue weighted by atomic mass is 10.1. The van der Waals surface area contributed by atoms with E-state index in [1.807, 2.05) is 34.3 Å². The van der Waals surface area contributed by atoms with E-state index in [-0.39, 0.29) is 30.0 Å². The molecule has 9 nitrogen and oxygen atoms in total. The third-order valence-corrected chi connectivity index (χ3v) is 9.14. The van der Waals surface area contributed by atoms with Gasteiger partial charge in [0.15, 0.2) is 17.5 Å². The highest BCUT2D eigenvalue weighted by molar-refractivity contribution is 7.91. The number of aliphatic hydroxyl groups is 1. The van der Waals surface area contributed by atoms with E-state index in [9.17, 15) is 17.9 Å². The lowest BCUT2D eigenvalue weighted by molar-refractivity contribution is 0.143. The van der Waals surface area contributed by atoms with E-state index in [1.54, 1.807) is 13.2 Å². The van der Waals surface area contributed by atoms with Gasteiger partial charge in [-0.2, -0.15) is 4.37 Å². The number of nitrogens with zero attached hydrogens (tertiary/aromatic N) is 5. The molecule has 0 unspecified atom stereocenters. The molecule has 0 atom stereocenters. The second kappa shape index (κ2) is 10.8. The smallest absolute Gasteiger partial charge is 0.166 e. The predicted octanol–water partition coefficient (Wildman–Crippen LogP) is 3.14. The monoisotopic (exact) mass is 544 g/mol. The van der Waals surface area contributed by atoms with Crippen LogP contribution in [0.15, 0.2) is 42.0 Å². The number of rotatable bonds is 9. The van der Waals surface area contributed by atoms with Crippen LogP contribution in [0.5, 0.6) is 0 Å². The molecule has 0 bridgehead atoms. The molecular weight excluding hydrogens is 515 g/mol. The average molecular weight is 545 g/mol. The summed E-state index contributed by atoms with van der Waals surface area (Å²) in [5, 5.41) is 15.2. The predicted molar refractivity (Wildman–Crippen MR) is 144 cm³/mol. The van der Waals surface area contributed by atoms with Crippen molar-refractivity contribution >= 4 is 38.2 Å². The molecule has 1 fully saturated rings. The van der Waals surface area contributed by atoms with Crippen LogP contribution in [0.3, 0.4) is 0 Å². The van der Waals surface area contributed by atoms with Crippen LogP contribution in [-0.4, -0.2) is 81.6 Å². The van der Waals surface area contributed by atoms with Crippen LogP contribution >= 0.6 is 11.5 Å². The van der Waals surface area contributed by atoms with Gasteiger partial charge in [0, 0.05) is 54.9 Å². The summed E-state index contributed by atoms with van der Waals surface area (Å²) in [6.45, 7) is 1.20. The third-order valence-electron chi connectivity index (χ3n) is 6.88. The van der Waals surface area contributed by atoms with Crippen molar-refractivity contribution in [2.24, 2.45) is 0 Å². The van der Waals surface area contributed by atoms with Crippen molar-refractivity contribution in [3.63, 3.8) is 0 Å². The summed E-state index contributed by atoms with van der Waals surface area (Å²) >= 11 is 1.35. The summed E-state index contributed by atoms with van der Waals surface area (Å²) in [5.74, 6) is 0.878. The summed E-state index contributed by atoms with van der Waals surface area (Å²) in [6.07, 6.45) is 5.50. The first-order chi connectivity index (χ1) is 17.9. The van der Waals surface area contributed by atoms with Crippen molar-refractivity contribution in [3.8, 4) is 17.1 Å². The van der Waals surface area contributed by atoms with Crippen LogP contribution in [-0.2, 0) is 16.3 Å². The van der Waals surface area contributed by atoms with Gasteiger partial charge in [0.1, 0.15) is 15.5 Å². The van der Waals surface area contributed by atoms with Gasteiger partial charge in [-0.25, -0.2) is 22.8 Å². The first-order valence-corrected chi connectivity index (χ1v) is 14.8. The van der Waals surface area contributed by atoms with E-state index < -0.39 is 15.7 Å². The number of fused-ring (bicyclic) bond motifs is 1. The van der Waals surface area contributed by atoms with E-state index in [2.05, 4.69) is 19.6 Å². The Morgan fingerprint density at radius 3 is 2.73 bits per heavy atom. The third kappa shape index (κ3) is 5.52. The van der Waals surface area contributed by atoms with Crippen LogP contribution < -0.4 is 5.32 Å². The molecule has 5 rings (SSSR count). The first kappa shape index (κ1) is 25.7. The molecule has 1 aliphatic rings. The van der Waals surface area contributed by atoms with E-state index in [1.165, 1.54) is 17.6 Å². The summed E-state index contributed by atoms with van der Waals surface area (Å²) < 4.78 is 44.6. The highest BCUT2D eigenvalue weighted by Gasteiger charge is 2.28. The maximum atomic E-state index is 14.4. The summed E-state index contributed by atoms with van der Waals surface area (Å²) in [5.41, 5.74) is 2.97. The first-order valence-electron chi connectivity index (χ1n) is 12.2. The quantitative estimate of drug-likeness (QED) is 0.331. The molecular formula is C25H29FN6O3S2.